The quantitative estimate of drug-likeness (QED) is 0.299. The highest BCUT2D eigenvalue weighted by Gasteiger charge is 2.31. The largest absolute Gasteiger partial charge is 0.506 e. The molecule has 4 aromatic rings. The highest BCUT2D eigenvalue weighted by molar-refractivity contribution is 7.91. The minimum absolute atomic E-state index is 0.118. The molecule has 2 N–H and O–H groups in total. The van der Waals surface area contributed by atoms with Gasteiger partial charge in [0.05, 0.1) is 30.2 Å². The molecule has 2 heterocycles. The first-order valence-electron chi connectivity index (χ1n) is 12.2. The minimum atomic E-state index is -4.40. The maximum Gasteiger partial charge on any atom is 0.271 e. The first kappa shape index (κ1) is 26.9. The first-order chi connectivity index (χ1) is 18.2. The van der Waals surface area contributed by atoms with E-state index >= 15 is 0 Å². The summed E-state index contributed by atoms with van der Waals surface area (Å²) in [7, 11) is -1.47. The first-order valence-corrected chi connectivity index (χ1v) is 13.7. The van der Waals surface area contributed by atoms with Gasteiger partial charge >= 0.3 is 0 Å². The number of pyridine rings is 2. The molecule has 0 saturated carbocycles. The smallest absolute Gasteiger partial charge is 0.271 e. The van der Waals surface area contributed by atoms with Crippen molar-refractivity contribution >= 4 is 9.84 Å². The Morgan fingerprint density at radius 3 is 2.21 bits per heavy atom. The Morgan fingerprint density at radius 2 is 1.63 bits per heavy atom. The molecular weight excluding hydrogens is 504 g/mol. The molecule has 9 heteroatoms. The molecule has 0 amide bonds. The number of nitrogens with zero attached hydrogens (tertiary/aromatic N) is 1. The number of aromatic nitrogens is 2. The number of sulfone groups is 1. The molecular formula is C29H30N2O6S. The Balaban J connectivity index is 1.93. The molecule has 38 heavy (non-hydrogen) atoms. The number of nitrogens with one attached hydrogen (secondary N) is 1. The lowest BCUT2D eigenvalue weighted by atomic mass is 9.98. The number of benzene rings is 2. The van der Waals surface area contributed by atoms with Gasteiger partial charge in [0.2, 0.25) is 9.84 Å². The van der Waals surface area contributed by atoms with Crippen molar-refractivity contribution in [2.75, 3.05) is 14.2 Å². The second-order valence-electron chi connectivity index (χ2n) is 8.84. The van der Waals surface area contributed by atoms with E-state index in [2.05, 4.69) is 9.97 Å². The van der Waals surface area contributed by atoms with Crippen molar-refractivity contribution in [2.24, 2.45) is 0 Å². The van der Waals surface area contributed by atoms with Gasteiger partial charge in [-0.2, -0.15) is 0 Å². The number of methoxy groups -OCH3 is 2. The molecule has 0 spiro atoms. The Morgan fingerprint density at radius 1 is 0.974 bits per heavy atom. The van der Waals surface area contributed by atoms with Crippen LogP contribution < -0.4 is 15.0 Å². The molecule has 0 unspecified atom stereocenters. The van der Waals surface area contributed by atoms with E-state index in [9.17, 15) is 18.3 Å². The van der Waals surface area contributed by atoms with E-state index in [1.807, 2.05) is 19.9 Å². The van der Waals surface area contributed by atoms with Crippen LogP contribution in [0, 0.1) is 6.92 Å². The molecule has 0 saturated heterocycles. The highest BCUT2D eigenvalue weighted by atomic mass is 32.2. The second-order valence-corrected chi connectivity index (χ2v) is 10.7. The fraction of sp³-hybridized carbons (Fsp3) is 0.241. The van der Waals surface area contributed by atoms with E-state index < -0.39 is 26.0 Å². The third kappa shape index (κ3) is 4.89. The van der Waals surface area contributed by atoms with Crippen LogP contribution >= 0.6 is 0 Å². The van der Waals surface area contributed by atoms with Crippen LogP contribution in [0.25, 0.3) is 22.3 Å². The molecule has 0 fully saturated rings. The van der Waals surface area contributed by atoms with Crippen LogP contribution in [0.15, 0.2) is 75.5 Å². The van der Waals surface area contributed by atoms with Crippen molar-refractivity contribution in [1.29, 1.82) is 0 Å². The number of hydrogen-bond acceptors (Lipinski definition) is 7. The molecule has 8 nitrogen and oxygen atoms in total. The number of aryl methyl sites for hydroxylation is 2. The van der Waals surface area contributed by atoms with Gasteiger partial charge in [-0.15, -0.1) is 0 Å². The fourth-order valence-electron chi connectivity index (χ4n) is 4.51. The van der Waals surface area contributed by atoms with Crippen LogP contribution in [0.5, 0.6) is 17.2 Å². The highest BCUT2D eigenvalue weighted by Crippen LogP contribution is 2.46. The Hall–Kier alpha value is -4.11. The number of aromatic amines is 1. The maximum atomic E-state index is 13.8. The van der Waals surface area contributed by atoms with Crippen LogP contribution in [-0.4, -0.2) is 37.7 Å². The zero-order valence-electron chi connectivity index (χ0n) is 21.7. The number of unbranched alkanes of at least 4 members (excludes halogenated alkanes) is 1. The second kappa shape index (κ2) is 11.1. The van der Waals surface area contributed by atoms with Gasteiger partial charge in [-0.1, -0.05) is 31.5 Å². The lowest BCUT2D eigenvalue weighted by Gasteiger charge is -2.19. The van der Waals surface area contributed by atoms with Gasteiger partial charge in [-0.05, 0) is 66.8 Å². The molecule has 2 aromatic heterocycles. The van der Waals surface area contributed by atoms with Crippen LogP contribution in [-0.2, 0) is 16.3 Å². The van der Waals surface area contributed by atoms with Gasteiger partial charge < -0.3 is 19.6 Å². The summed E-state index contributed by atoms with van der Waals surface area (Å²) in [6.07, 6.45) is 5.34. The van der Waals surface area contributed by atoms with E-state index in [4.69, 9.17) is 9.47 Å². The summed E-state index contributed by atoms with van der Waals surface area (Å²) in [5, 5.41) is 11.5. The van der Waals surface area contributed by atoms with E-state index in [0.29, 0.717) is 35.6 Å². The number of ether oxygens (including phenoxy) is 2. The van der Waals surface area contributed by atoms with E-state index in [0.717, 1.165) is 23.1 Å². The van der Waals surface area contributed by atoms with Crippen LogP contribution in [0.3, 0.4) is 0 Å². The summed E-state index contributed by atoms with van der Waals surface area (Å²) in [6.45, 7) is 3.91. The van der Waals surface area contributed by atoms with Crippen molar-refractivity contribution in [1.82, 2.24) is 9.97 Å². The van der Waals surface area contributed by atoms with E-state index in [-0.39, 0.29) is 10.5 Å². The van der Waals surface area contributed by atoms with Crippen molar-refractivity contribution in [3.8, 4) is 39.5 Å². The van der Waals surface area contributed by atoms with E-state index in [1.165, 1.54) is 26.4 Å². The summed E-state index contributed by atoms with van der Waals surface area (Å²) in [5.74, 6) is 0.0893. The van der Waals surface area contributed by atoms with E-state index in [1.54, 1.807) is 42.7 Å². The van der Waals surface area contributed by atoms with Gasteiger partial charge in [-0.25, -0.2) is 8.42 Å². The third-order valence-corrected chi connectivity index (χ3v) is 8.26. The topological polar surface area (TPSA) is 119 Å². The maximum absolute atomic E-state index is 13.8. The lowest BCUT2D eigenvalue weighted by molar-refractivity contribution is 0.395. The standard InChI is InChI=1S/C29H30N2O6S/c1-5-6-8-22-25(26-23(36-3)9-7-10-24(26)37-4)27(32)28(29(33)31-22)38(34,35)20-13-11-19(12-14-20)21-15-16-30-17-18(21)2/h7,9-17H,5-6,8H2,1-4H3,(H2,31,32,33). The van der Waals surface area contributed by atoms with Gasteiger partial charge in [0.15, 0.2) is 4.90 Å². The van der Waals surface area contributed by atoms with Crippen LogP contribution in [0.1, 0.15) is 31.0 Å². The van der Waals surface area contributed by atoms with Crippen molar-refractivity contribution in [3.05, 3.63) is 82.5 Å². The summed E-state index contributed by atoms with van der Waals surface area (Å²) in [6, 6.07) is 13.1. The SMILES string of the molecule is CCCCc1[nH]c(=O)c(S(=O)(=O)c2ccc(-c3ccncc3C)cc2)c(O)c1-c1c(OC)cccc1OC. The molecule has 2 aromatic carbocycles. The zero-order valence-corrected chi connectivity index (χ0v) is 22.6. The van der Waals surface area contributed by atoms with Crippen molar-refractivity contribution in [2.45, 2.75) is 42.9 Å². The fourth-order valence-corrected chi connectivity index (χ4v) is 5.89. The summed E-state index contributed by atoms with van der Waals surface area (Å²) in [4.78, 5) is 19.2. The van der Waals surface area contributed by atoms with Gasteiger partial charge in [0.25, 0.3) is 5.56 Å². The number of hydrogen-bond donors (Lipinski definition) is 2. The third-order valence-electron chi connectivity index (χ3n) is 6.45. The molecule has 0 aliphatic carbocycles. The van der Waals surface area contributed by atoms with Gasteiger partial charge in [-0.3, -0.25) is 9.78 Å². The Bertz CT molecular complexity index is 1600. The molecule has 0 aliphatic heterocycles. The molecule has 0 radical (unpaired) electrons. The minimum Gasteiger partial charge on any atom is -0.506 e. The molecule has 198 valence electrons. The normalized spacial score (nSPS) is 11.4. The van der Waals surface area contributed by atoms with Crippen LogP contribution in [0.2, 0.25) is 0 Å². The summed E-state index contributed by atoms with van der Waals surface area (Å²) in [5.41, 5.74) is 2.69. The Labute approximate surface area is 221 Å². The summed E-state index contributed by atoms with van der Waals surface area (Å²) >= 11 is 0. The Kier molecular flexibility index (Phi) is 7.87. The lowest BCUT2D eigenvalue weighted by Crippen LogP contribution is -2.21. The predicted molar refractivity (Wildman–Crippen MR) is 146 cm³/mol. The predicted octanol–water partition coefficient (Wildman–Crippen LogP) is 5.31. The zero-order chi connectivity index (χ0) is 27.4. The number of aromatic hydroxyl groups is 1. The molecule has 4 rings (SSSR count). The average Bonchev–Trinajstić information content (AvgIpc) is 2.91. The number of rotatable bonds is 9. The van der Waals surface area contributed by atoms with Crippen molar-refractivity contribution < 1.29 is 23.0 Å². The average molecular weight is 535 g/mol. The van der Waals surface area contributed by atoms with Crippen molar-refractivity contribution in [3.63, 3.8) is 0 Å². The summed E-state index contributed by atoms with van der Waals surface area (Å²) < 4.78 is 38.6. The van der Waals surface area contributed by atoms with Crippen LogP contribution in [0.4, 0.5) is 0 Å². The number of H-pyrrole nitrogens is 1. The monoisotopic (exact) mass is 534 g/mol. The molecule has 0 atom stereocenters. The molecule has 0 aliphatic rings. The van der Waals surface area contributed by atoms with Gasteiger partial charge in [0.1, 0.15) is 17.2 Å². The molecule has 0 bridgehead atoms. The van der Waals surface area contributed by atoms with Gasteiger partial charge in [0, 0.05) is 18.1 Å².